The molecule has 0 spiro atoms. The summed E-state index contributed by atoms with van der Waals surface area (Å²) in [5.41, 5.74) is 0. The fourth-order valence-electron chi connectivity index (χ4n) is 2.31. The predicted octanol–water partition coefficient (Wildman–Crippen LogP) is 1.21. The number of hydrogen-bond acceptors (Lipinski definition) is 4. The summed E-state index contributed by atoms with van der Waals surface area (Å²) < 4.78 is 0. The van der Waals surface area contributed by atoms with Gasteiger partial charge in [0.2, 0.25) is 0 Å². The van der Waals surface area contributed by atoms with Crippen molar-refractivity contribution in [3.05, 3.63) is 16.1 Å². The highest BCUT2D eigenvalue weighted by Crippen LogP contribution is 2.13. The Balaban J connectivity index is 1.74. The van der Waals surface area contributed by atoms with Crippen LogP contribution in [0.15, 0.2) is 11.2 Å². The summed E-state index contributed by atoms with van der Waals surface area (Å²) in [5, 5.41) is 7.79. The smallest absolute Gasteiger partial charge is 0.191 e. The van der Waals surface area contributed by atoms with E-state index in [1.54, 1.807) is 18.4 Å². The van der Waals surface area contributed by atoms with E-state index in [2.05, 4.69) is 39.5 Å². The lowest BCUT2D eigenvalue weighted by molar-refractivity contribution is 0.309. The van der Waals surface area contributed by atoms with Crippen LogP contribution in [0.25, 0.3) is 0 Å². The van der Waals surface area contributed by atoms with E-state index in [9.17, 15) is 0 Å². The number of aryl methyl sites for hydroxylation is 1. The highest BCUT2D eigenvalue weighted by Gasteiger charge is 2.20. The Morgan fingerprint density at radius 2 is 2.42 bits per heavy atom. The Morgan fingerprint density at radius 1 is 1.58 bits per heavy atom. The number of aliphatic imine (C=N–C) groups is 1. The zero-order valence-electron chi connectivity index (χ0n) is 11.9. The minimum Gasteiger partial charge on any atom is -0.355 e. The molecule has 0 radical (unpaired) electrons. The summed E-state index contributed by atoms with van der Waals surface area (Å²) in [7, 11) is 3.99. The highest BCUT2D eigenvalue weighted by atomic mass is 32.1. The van der Waals surface area contributed by atoms with Crippen LogP contribution >= 0.6 is 11.3 Å². The Morgan fingerprint density at radius 3 is 3.00 bits per heavy atom. The predicted molar refractivity (Wildman–Crippen MR) is 80.7 cm³/mol. The van der Waals surface area contributed by atoms with Gasteiger partial charge in [0.1, 0.15) is 5.01 Å². The molecule has 0 amide bonds. The number of nitrogens with one attached hydrogen (secondary N) is 2. The van der Waals surface area contributed by atoms with Gasteiger partial charge in [0, 0.05) is 30.7 Å². The van der Waals surface area contributed by atoms with Gasteiger partial charge in [-0.15, -0.1) is 11.3 Å². The largest absolute Gasteiger partial charge is 0.355 e. The van der Waals surface area contributed by atoms with E-state index in [1.807, 2.05) is 6.20 Å². The van der Waals surface area contributed by atoms with Gasteiger partial charge in [-0.25, -0.2) is 4.98 Å². The molecule has 1 aromatic rings. The Labute approximate surface area is 119 Å². The summed E-state index contributed by atoms with van der Waals surface area (Å²) in [6.45, 7) is 4.96. The van der Waals surface area contributed by atoms with Crippen LogP contribution in [0.2, 0.25) is 0 Å². The molecule has 2 rings (SSSR count). The maximum atomic E-state index is 4.34. The third kappa shape index (κ3) is 4.18. The molecule has 0 aliphatic carbocycles. The summed E-state index contributed by atoms with van der Waals surface area (Å²) >= 11 is 1.72. The zero-order valence-corrected chi connectivity index (χ0v) is 12.8. The van der Waals surface area contributed by atoms with Crippen molar-refractivity contribution in [3.63, 3.8) is 0 Å². The first-order valence-electron chi connectivity index (χ1n) is 6.75. The zero-order chi connectivity index (χ0) is 13.7. The van der Waals surface area contributed by atoms with E-state index in [-0.39, 0.29) is 0 Å². The quantitative estimate of drug-likeness (QED) is 0.643. The molecule has 2 N–H and O–H groups in total. The number of likely N-dealkylation sites (tertiary alicyclic amines) is 1. The van der Waals surface area contributed by atoms with Gasteiger partial charge < -0.3 is 15.5 Å². The lowest BCUT2D eigenvalue weighted by Gasteiger charge is -2.21. The minimum absolute atomic E-state index is 0.626. The van der Waals surface area contributed by atoms with Crippen molar-refractivity contribution in [1.82, 2.24) is 20.5 Å². The van der Waals surface area contributed by atoms with E-state index in [4.69, 9.17) is 0 Å². The number of guanidine groups is 1. The van der Waals surface area contributed by atoms with Crippen molar-refractivity contribution in [3.8, 4) is 0 Å². The molecule has 6 heteroatoms. The molecule has 1 atom stereocenters. The standard InChI is InChI=1S/C13H23N5S/c1-10-7-15-12(19-10)9-17-13(14-2)16-8-11-5-4-6-18(11)3/h7,11H,4-6,8-9H2,1-3H3,(H2,14,16,17). The molecule has 2 heterocycles. The topological polar surface area (TPSA) is 52.6 Å². The number of likely N-dealkylation sites (N-methyl/N-ethyl adjacent to an activating group) is 1. The molecule has 0 aromatic carbocycles. The van der Waals surface area contributed by atoms with E-state index in [0.29, 0.717) is 6.04 Å². The van der Waals surface area contributed by atoms with Crippen LogP contribution in [0, 0.1) is 6.92 Å². The number of nitrogens with zero attached hydrogens (tertiary/aromatic N) is 3. The van der Waals surface area contributed by atoms with Crippen molar-refractivity contribution in [2.24, 2.45) is 4.99 Å². The fourth-order valence-corrected chi connectivity index (χ4v) is 3.04. The Bertz CT molecular complexity index is 428. The van der Waals surface area contributed by atoms with Gasteiger partial charge in [-0.3, -0.25) is 4.99 Å². The number of thiazole rings is 1. The number of rotatable bonds is 4. The van der Waals surface area contributed by atoms with Crippen LogP contribution in [0.3, 0.4) is 0 Å². The minimum atomic E-state index is 0.626. The number of aromatic nitrogens is 1. The van der Waals surface area contributed by atoms with Gasteiger partial charge in [-0.05, 0) is 33.4 Å². The third-order valence-electron chi connectivity index (χ3n) is 3.48. The van der Waals surface area contributed by atoms with Gasteiger partial charge in [0.25, 0.3) is 0 Å². The second kappa shape index (κ2) is 6.86. The van der Waals surface area contributed by atoms with Crippen molar-refractivity contribution in [1.29, 1.82) is 0 Å². The first-order chi connectivity index (χ1) is 9.19. The molecule has 106 valence electrons. The first-order valence-corrected chi connectivity index (χ1v) is 7.56. The third-order valence-corrected chi connectivity index (χ3v) is 4.39. The Kier molecular flexibility index (Phi) is 5.15. The van der Waals surface area contributed by atoms with Crippen molar-refractivity contribution >= 4 is 17.3 Å². The van der Waals surface area contributed by atoms with E-state index in [0.717, 1.165) is 24.1 Å². The van der Waals surface area contributed by atoms with E-state index in [1.165, 1.54) is 24.3 Å². The van der Waals surface area contributed by atoms with Gasteiger partial charge in [-0.1, -0.05) is 0 Å². The van der Waals surface area contributed by atoms with E-state index >= 15 is 0 Å². The molecule has 1 aromatic heterocycles. The van der Waals surface area contributed by atoms with Crippen LogP contribution in [-0.2, 0) is 6.54 Å². The average Bonchev–Trinajstić information content (AvgIpc) is 2.99. The van der Waals surface area contributed by atoms with Gasteiger partial charge in [0.15, 0.2) is 5.96 Å². The van der Waals surface area contributed by atoms with Crippen LogP contribution in [0.1, 0.15) is 22.7 Å². The monoisotopic (exact) mass is 281 g/mol. The molecule has 1 saturated heterocycles. The van der Waals surface area contributed by atoms with Crippen molar-refractivity contribution in [2.75, 3.05) is 27.2 Å². The molecule has 0 saturated carbocycles. The van der Waals surface area contributed by atoms with Crippen LogP contribution in [0.5, 0.6) is 0 Å². The van der Waals surface area contributed by atoms with Crippen LogP contribution in [0.4, 0.5) is 0 Å². The Hall–Kier alpha value is -1.14. The maximum absolute atomic E-state index is 4.34. The normalized spacial score (nSPS) is 20.8. The molecule has 1 fully saturated rings. The van der Waals surface area contributed by atoms with E-state index < -0.39 is 0 Å². The van der Waals surface area contributed by atoms with Crippen molar-refractivity contribution < 1.29 is 0 Å². The van der Waals surface area contributed by atoms with Gasteiger partial charge in [0.05, 0.1) is 6.54 Å². The average molecular weight is 281 g/mol. The lowest BCUT2D eigenvalue weighted by atomic mass is 10.2. The fraction of sp³-hybridized carbons (Fsp3) is 0.692. The second-order valence-corrected chi connectivity index (χ2v) is 6.27. The summed E-state index contributed by atoms with van der Waals surface area (Å²) in [6, 6.07) is 0.626. The lowest BCUT2D eigenvalue weighted by Crippen LogP contribution is -2.43. The maximum Gasteiger partial charge on any atom is 0.191 e. The summed E-state index contributed by atoms with van der Waals surface area (Å²) in [4.78, 5) is 12.2. The molecule has 1 aliphatic rings. The van der Waals surface area contributed by atoms with Gasteiger partial charge >= 0.3 is 0 Å². The molecule has 5 nitrogen and oxygen atoms in total. The SMILES string of the molecule is CN=C(NCc1ncc(C)s1)NCC1CCCN1C. The van der Waals surface area contributed by atoms with Crippen molar-refractivity contribution in [2.45, 2.75) is 32.4 Å². The summed E-state index contributed by atoms with van der Waals surface area (Å²) in [6.07, 6.45) is 4.48. The van der Waals surface area contributed by atoms with Gasteiger partial charge in [-0.2, -0.15) is 0 Å². The van der Waals surface area contributed by atoms with Crippen LogP contribution < -0.4 is 10.6 Å². The molecule has 1 aliphatic heterocycles. The molecular formula is C13H23N5S. The second-order valence-electron chi connectivity index (χ2n) is 4.95. The summed E-state index contributed by atoms with van der Waals surface area (Å²) in [5.74, 6) is 0.855. The molecular weight excluding hydrogens is 258 g/mol. The number of hydrogen-bond donors (Lipinski definition) is 2. The molecule has 19 heavy (non-hydrogen) atoms. The highest BCUT2D eigenvalue weighted by molar-refractivity contribution is 7.11. The first kappa shape index (κ1) is 14.3. The molecule has 1 unspecified atom stereocenters. The van der Waals surface area contributed by atoms with Crippen LogP contribution in [-0.4, -0.2) is 49.1 Å². The molecule has 0 bridgehead atoms.